The standard InChI is InChI=1S/C14H20N4OS/c1-10(14-18-11(2)9-20-14)6-15-13(19)5-3-4-12-7-16-17-8-12/h7-10H,3-6H2,1-2H3,(H,15,19)(H,16,17)/t10-/m1/s1. The monoisotopic (exact) mass is 292 g/mol. The first-order valence-electron chi connectivity index (χ1n) is 6.81. The molecule has 2 rings (SSSR count). The van der Waals surface area contributed by atoms with Gasteiger partial charge in [-0.05, 0) is 25.3 Å². The summed E-state index contributed by atoms with van der Waals surface area (Å²) in [4.78, 5) is 16.2. The molecule has 0 saturated heterocycles. The molecule has 0 unspecified atom stereocenters. The summed E-state index contributed by atoms with van der Waals surface area (Å²) in [6.07, 6.45) is 5.94. The van der Waals surface area contributed by atoms with E-state index in [0.717, 1.165) is 29.1 Å². The number of carbonyl (C=O) groups is 1. The van der Waals surface area contributed by atoms with Crippen molar-refractivity contribution < 1.29 is 4.79 Å². The van der Waals surface area contributed by atoms with Gasteiger partial charge in [0, 0.05) is 36.2 Å². The number of aromatic amines is 1. The van der Waals surface area contributed by atoms with E-state index in [9.17, 15) is 4.79 Å². The first-order chi connectivity index (χ1) is 9.65. The summed E-state index contributed by atoms with van der Waals surface area (Å²) in [5.41, 5.74) is 2.19. The molecule has 2 heterocycles. The largest absolute Gasteiger partial charge is 0.355 e. The molecule has 0 saturated carbocycles. The van der Waals surface area contributed by atoms with Crippen LogP contribution >= 0.6 is 11.3 Å². The molecule has 5 nitrogen and oxygen atoms in total. The molecule has 2 N–H and O–H groups in total. The molecule has 108 valence electrons. The van der Waals surface area contributed by atoms with E-state index in [4.69, 9.17) is 0 Å². The van der Waals surface area contributed by atoms with Gasteiger partial charge in [-0.25, -0.2) is 4.98 Å². The van der Waals surface area contributed by atoms with E-state index in [1.807, 2.05) is 18.5 Å². The molecule has 1 atom stereocenters. The summed E-state index contributed by atoms with van der Waals surface area (Å²) < 4.78 is 0. The Labute approximate surface area is 122 Å². The lowest BCUT2D eigenvalue weighted by molar-refractivity contribution is -0.121. The summed E-state index contributed by atoms with van der Waals surface area (Å²) in [6.45, 7) is 4.72. The number of nitrogens with zero attached hydrogens (tertiary/aromatic N) is 2. The van der Waals surface area contributed by atoms with Crippen LogP contribution in [0.15, 0.2) is 17.8 Å². The second-order valence-corrected chi connectivity index (χ2v) is 5.88. The smallest absolute Gasteiger partial charge is 0.220 e. The third-order valence-electron chi connectivity index (χ3n) is 3.09. The molecule has 2 aromatic rings. The van der Waals surface area contributed by atoms with Gasteiger partial charge in [-0.15, -0.1) is 11.3 Å². The average Bonchev–Trinajstić information content (AvgIpc) is 3.07. The number of carbonyl (C=O) groups excluding carboxylic acids is 1. The fraction of sp³-hybridized carbons (Fsp3) is 0.500. The minimum atomic E-state index is 0.105. The third kappa shape index (κ3) is 4.45. The highest BCUT2D eigenvalue weighted by molar-refractivity contribution is 7.09. The first-order valence-corrected chi connectivity index (χ1v) is 7.69. The predicted molar refractivity (Wildman–Crippen MR) is 79.8 cm³/mol. The molecular formula is C14H20N4OS. The van der Waals surface area contributed by atoms with Gasteiger partial charge in [0.2, 0.25) is 5.91 Å². The van der Waals surface area contributed by atoms with Gasteiger partial charge in [0.1, 0.15) is 0 Å². The summed E-state index contributed by atoms with van der Waals surface area (Å²) in [5.74, 6) is 0.375. The molecule has 0 aliphatic rings. The zero-order chi connectivity index (χ0) is 14.4. The van der Waals surface area contributed by atoms with Crippen molar-refractivity contribution in [3.8, 4) is 0 Å². The van der Waals surface area contributed by atoms with Gasteiger partial charge in [0.15, 0.2) is 0 Å². The lowest BCUT2D eigenvalue weighted by Gasteiger charge is -2.10. The maximum absolute atomic E-state index is 11.8. The number of amides is 1. The van der Waals surface area contributed by atoms with Crippen LogP contribution in [0, 0.1) is 6.92 Å². The van der Waals surface area contributed by atoms with Crippen molar-refractivity contribution in [3.63, 3.8) is 0 Å². The maximum atomic E-state index is 11.8. The second-order valence-electron chi connectivity index (χ2n) is 4.99. The summed E-state index contributed by atoms with van der Waals surface area (Å²) >= 11 is 1.65. The van der Waals surface area contributed by atoms with Gasteiger partial charge >= 0.3 is 0 Å². The molecule has 0 aliphatic heterocycles. The first kappa shape index (κ1) is 14.7. The Hall–Kier alpha value is -1.69. The minimum absolute atomic E-state index is 0.105. The van der Waals surface area contributed by atoms with E-state index in [-0.39, 0.29) is 11.8 Å². The van der Waals surface area contributed by atoms with Crippen molar-refractivity contribution >= 4 is 17.2 Å². The van der Waals surface area contributed by atoms with Crippen LogP contribution in [0.5, 0.6) is 0 Å². The van der Waals surface area contributed by atoms with Gasteiger partial charge in [-0.2, -0.15) is 5.10 Å². The number of rotatable bonds is 7. The van der Waals surface area contributed by atoms with Crippen LogP contribution in [0.4, 0.5) is 0 Å². The number of thiazole rings is 1. The second kappa shape index (κ2) is 7.19. The highest BCUT2D eigenvalue weighted by Gasteiger charge is 2.11. The molecule has 0 aromatic carbocycles. The van der Waals surface area contributed by atoms with Crippen molar-refractivity contribution in [1.29, 1.82) is 0 Å². The Morgan fingerprint density at radius 3 is 3.05 bits per heavy atom. The highest BCUT2D eigenvalue weighted by atomic mass is 32.1. The minimum Gasteiger partial charge on any atom is -0.355 e. The van der Waals surface area contributed by atoms with E-state index in [1.165, 1.54) is 0 Å². The Kier molecular flexibility index (Phi) is 5.29. The summed E-state index contributed by atoms with van der Waals surface area (Å²) in [7, 11) is 0. The number of hydrogen-bond acceptors (Lipinski definition) is 4. The zero-order valence-electron chi connectivity index (χ0n) is 11.8. The summed E-state index contributed by atoms with van der Waals surface area (Å²) in [6, 6.07) is 0. The van der Waals surface area contributed by atoms with Crippen LogP contribution < -0.4 is 5.32 Å². The molecule has 2 aromatic heterocycles. The number of H-pyrrole nitrogens is 1. The Bertz CT molecular complexity index is 535. The van der Waals surface area contributed by atoms with Crippen LogP contribution in [-0.2, 0) is 11.2 Å². The normalized spacial score (nSPS) is 12.3. The molecule has 0 aliphatic carbocycles. The van der Waals surface area contributed by atoms with Crippen LogP contribution in [0.1, 0.15) is 41.9 Å². The molecule has 0 bridgehead atoms. The molecule has 0 fully saturated rings. The lowest BCUT2D eigenvalue weighted by Crippen LogP contribution is -2.27. The zero-order valence-corrected chi connectivity index (χ0v) is 12.7. The van der Waals surface area contributed by atoms with Crippen molar-refractivity contribution in [3.05, 3.63) is 34.0 Å². The Morgan fingerprint density at radius 1 is 1.55 bits per heavy atom. The molecule has 6 heteroatoms. The van der Waals surface area contributed by atoms with Gasteiger partial charge < -0.3 is 5.32 Å². The van der Waals surface area contributed by atoms with Crippen LogP contribution in [0.25, 0.3) is 0 Å². The van der Waals surface area contributed by atoms with Crippen LogP contribution in [-0.4, -0.2) is 27.6 Å². The van der Waals surface area contributed by atoms with Gasteiger partial charge in [0.05, 0.1) is 11.2 Å². The van der Waals surface area contributed by atoms with Crippen molar-refractivity contribution in [1.82, 2.24) is 20.5 Å². The Balaban J connectivity index is 1.64. The number of aromatic nitrogens is 3. The topological polar surface area (TPSA) is 70.7 Å². The highest BCUT2D eigenvalue weighted by Crippen LogP contribution is 2.18. The average molecular weight is 292 g/mol. The Morgan fingerprint density at radius 2 is 2.40 bits per heavy atom. The molecule has 20 heavy (non-hydrogen) atoms. The molecule has 0 spiro atoms. The van der Waals surface area contributed by atoms with E-state index >= 15 is 0 Å². The molecular weight excluding hydrogens is 272 g/mol. The van der Waals surface area contributed by atoms with Gasteiger partial charge in [-0.1, -0.05) is 6.92 Å². The fourth-order valence-electron chi connectivity index (χ4n) is 1.91. The van der Waals surface area contributed by atoms with Crippen LogP contribution in [0.2, 0.25) is 0 Å². The van der Waals surface area contributed by atoms with Gasteiger partial charge in [0.25, 0.3) is 0 Å². The van der Waals surface area contributed by atoms with Crippen molar-refractivity contribution in [2.45, 2.75) is 39.0 Å². The predicted octanol–water partition coefficient (Wildman–Crippen LogP) is 2.42. The summed E-state index contributed by atoms with van der Waals surface area (Å²) in [5, 5.41) is 12.8. The van der Waals surface area contributed by atoms with Crippen molar-refractivity contribution in [2.24, 2.45) is 0 Å². The van der Waals surface area contributed by atoms with Crippen molar-refractivity contribution in [2.75, 3.05) is 6.54 Å². The number of aryl methyl sites for hydroxylation is 2. The molecule has 0 radical (unpaired) electrons. The lowest BCUT2D eigenvalue weighted by atomic mass is 10.1. The van der Waals surface area contributed by atoms with E-state index < -0.39 is 0 Å². The third-order valence-corrected chi connectivity index (χ3v) is 4.28. The van der Waals surface area contributed by atoms with E-state index in [1.54, 1.807) is 17.5 Å². The van der Waals surface area contributed by atoms with E-state index in [0.29, 0.717) is 13.0 Å². The molecule has 1 amide bonds. The maximum Gasteiger partial charge on any atom is 0.220 e. The van der Waals surface area contributed by atoms with Gasteiger partial charge in [-0.3, -0.25) is 9.89 Å². The van der Waals surface area contributed by atoms with E-state index in [2.05, 4.69) is 27.4 Å². The fourth-order valence-corrected chi connectivity index (χ4v) is 2.76. The quantitative estimate of drug-likeness (QED) is 0.823. The number of nitrogens with one attached hydrogen (secondary N) is 2. The number of hydrogen-bond donors (Lipinski definition) is 2. The van der Waals surface area contributed by atoms with Crippen LogP contribution in [0.3, 0.4) is 0 Å². The SMILES string of the molecule is Cc1csc([C@H](C)CNC(=O)CCCc2cn[nH]c2)n1.